The van der Waals surface area contributed by atoms with E-state index < -0.39 is 5.82 Å². The van der Waals surface area contributed by atoms with Gasteiger partial charge < -0.3 is 15.1 Å². The molecule has 0 amide bonds. The zero-order valence-corrected chi connectivity index (χ0v) is 22.0. The Balaban J connectivity index is 1.36. The number of piperazine rings is 1. The molecular formula is C29H28FN9O. The third-order valence-electron chi connectivity index (χ3n) is 6.97. The molecule has 40 heavy (non-hydrogen) atoms. The summed E-state index contributed by atoms with van der Waals surface area (Å²) in [5, 5.41) is 3.58. The van der Waals surface area contributed by atoms with E-state index in [4.69, 9.17) is 4.98 Å². The van der Waals surface area contributed by atoms with Gasteiger partial charge in [0.05, 0.1) is 18.4 Å². The normalized spacial score (nSPS) is 14.0. The number of rotatable bonds is 7. The van der Waals surface area contributed by atoms with E-state index in [0.29, 0.717) is 34.1 Å². The van der Waals surface area contributed by atoms with Crippen LogP contribution in [-0.2, 0) is 6.54 Å². The smallest absolute Gasteiger partial charge is 0.278 e. The van der Waals surface area contributed by atoms with E-state index in [1.807, 2.05) is 12.1 Å². The lowest BCUT2D eigenvalue weighted by Gasteiger charge is -2.34. The molecule has 0 atom stereocenters. The Morgan fingerprint density at radius 1 is 1.02 bits per heavy atom. The average molecular weight is 538 g/mol. The fraction of sp³-hybridized carbons (Fsp3) is 0.207. The lowest BCUT2D eigenvalue weighted by molar-refractivity contribution is 0.313. The third kappa shape index (κ3) is 4.82. The largest absolute Gasteiger partial charge is 0.369 e. The van der Waals surface area contributed by atoms with Crippen LogP contribution in [0, 0.1) is 5.82 Å². The lowest BCUT2D eigenvalue weighted by Crippen LogP contribution is -2.44. The summed E-state index contributed by atoms with van der Waals surface area (Å²) in [5.74, 6) is 0.255. The Morgan fingerprint density at radius 3 is 2.58 bits per heavy atom. The molecule has 1 fully saturated rings. The minimum absolute atomic E-state index is 0.223. The number of halogens is 1. The van der Waals surface area contributed by atoms with Crippen molar-refractivity contribution >= 4 is 28.4 Å². The van der Waals surface area contributed by atoms with Crippen LogP contribution in [0.15, 0.2) is 84.6 Å². The predicted octanol–water partition coefficient (Wildman–Crippen LogP) is 3.86. The van der Waals surface area contributed by atoms with Gasteiger partial charge in [0, 0.05) is 55.5 Å². The Labute approximate surface area is 230 Å². The van der Waals surface area contributed by atoms with Gasteiger partial charge in [0.25, 0.3) is 5.56 Å². The Hall–Kier alpha value is -4.90. The third-order valence-corrected chi connectivity index (χ3v) is 6.97. The topological polar surface area (TPSA) is 97.0 Å². The molecule has 1 N–H and O–H groups in total. The number of fused-ring (bicyclic) bond motifs is 1. The van der Waals surface area contributed by atoms with E-state index >= 15 is 0 Å². The maximum Gasteiger partial charge on any atom is 0.278 e. The molecule has 0 unspecified atom stereocenters. The Morgan fingerprint density at radius 2 is 1.82 bits per heavy atom. The summed E-state index contributed by atoms with van der Waals surface area (Å²) in [6.45, 7) is 8.07. The summed E-state index contributed by atoms with van der Waals surface area (Å²) in [5.41, 5.74) is 2.80. The van der Waals surface area contributed by atoms with Crippen LogP contribution >= 0.6 is 0 Å². The fourth-order valence-electron chi connectivity index (χ4n) is 4.83. The molecular weight excluding hydrogens is 509 g/mol. The second kappa shape index (κ2) is 10.7. The molecule has 1 aliphatic rings. The number of allylic oxidation sites excluding steroid dienone is 1. The van der Waals surface area contributed by atoms with E-state index in [1.165, 1.54) is 22.8 Å². The van der Waals surface area contributed by atoms with Crippen molar-refractivity contribution in [3.63, 3.8) is 0 Å². The van der Waals surface area contributed by atoms with Gasteiger partial charge in [0.2, 0.25) is 5.95 Å². The molecule has 0 radical (unpaired) electrons. The first-order valence-corrected chi connectivity index (χ1v) is 13.0. The van der Waals surface area contributed by atoms with Gasteiger partial charge in [0.15, 0.2) is 17.3 Å². The predicted molar refractivity (Wildman–Crippen MR) is 154 cm³/mol. The number of aromatic nitrogens is 6. The number of nitrogens with zero attached hydrogens (tertiary/aromatic N) is 8. The number of hydrogen-bond donors (Lipinski definition) is 1. The van der Waals surface area contributed by atoms with Crippen molar-refractivity contribution in [2.24, 2.45) is 0 Å². The van der Waals surface area contributed by atoms with E-state index in [9.17, 15) is 9.18 Å². The maximum atomic E-state index is 14.5. The fourth-order valence-corrected chi connectivity index (χ4v) is 4.83. The van der Waals surface area contributed by atoms with Crippen molar-refractivity contribution in [1.82, 2.24) is 34.2 Å². The van der Waals surface area contributed by atoms with Gasteiger partial charge >= 0.3 is 0 Å². The van der Waals surface area contributed by atoms with Gasteiger partial charge in [-0.25, -0.2) is 23.7 Å². The Bertz CT molecular complexity index is 1740. The Kier molecular flexibility index (Phi) is 6.79. The quantitative estimate of drug-likeness (QED) is 0.313. The molecule has 0 bridgehead atoms. The van der Waals surface area contributed by atoms with E-state index in [-0.39, 0.29) is 12.1 Å². The number of hydrogen-bond acceptors (Lipinski definition) is 8. The van der Waals surface area contributed by atoms with Crippen LogP contribution in [-0.4, -0.2) is 67.4 Å². The minimum Gasteiger partial charge on any atom is -0.369 e. The standard InChI is InChI=1S/C29H28FN9O/c1-3-13-38-28(40)23-18-32-29(33-20-7-9-21(10-8-20)37-16-14-36(2)15-17-37)35-27(23)39(38)26-6-4-5-25(34-26)22-11-12-31-19-24(22)30/h3-12,18-19H,1,13-17H2,2H3,(H,32,33,35). The van der Waals surface area contributed by atoms with Crippen LogP contribution in [0.4, 0.5) is 21.7 Å². The van der Waals surface area contributed by atoms with Crippen molar-refractivity contribution < 1.29 is 4.39 Å². The van der Waals surface area contributed by atoms with E-state index in [1.54, 1.807) is 35.0 Å². The van der Waals surface area contributed by atoms with Crippen molar-refractivity contribution in [1.29, 1.82) is 0 Å². The van der Waals surface area contributed by atoms with Crippen LogP contribution < -0.4 is 15.8 Å². The van der Waals surface area contributed by atoms with Crippen LogP contribution in [0.3, 0.4) is 0 Å². The van der Waals surface area contributed by atoms with E-state index in [0.717, 1.165) is 38.1 Å². The van der Waals surface area contributed by atoms with Gasteiger partial charge in [-0.2, -0.15) is 4.98 Å². The molecule has 6 rings (SSSR count). The zero-order chi connectivity index (χ0) is 27.6. The molecule has 1 saturated heterocycles. The molecule has 0 saturated carbocycles. The average Bonchev–Trinajstić information content (AvgIpc) is 3.25. The van der Waals surface area contributed by atoms with E-state index in [2.05, 4.69) is 55.8 Å². The van der Waals surface area contributed by atoms with Crippen molar-refractivity contribution in [3.8, 4) is 17.1 Å². The highest BCUT2D eigenvalue weighted by atomic mass is 19.1. The van der Waals surface area contributed by atoms with Crippen molar-refractivity contribution in [3.05, 3.63) is 95.9 Å². The molecule has 10 nitrogen and oxygen atoms in total. The molecule has 1 aliphatic heterocycles. The molecule has 11 heteroatoms. The summed E-state index contributed by atoms with van der Waals surface area (Å²) in [6.07, 6.45) is 5.78. The maximum absolute atomic E-state index is 14.5. The van der Waals surface area contributed by atoms with Crippen molar-refractivity contribution in [2.75, 3.05) is 43.4 Å². The van der Waals surface area contributed by atoms with Gasteiger partial charge in [0.1, 0.15) is 5.39 Å². The summed E-state index contributed by atoms with van der Waals surface area (Å²) in [6, 6.07) is 14.9. The van der Waals surface area contributed by atoms with Gasteiger partial charge in [-0.05, 0) is 49.5 Å². The molecule has 5 aromatic rings. The highest BCUT2D eigenvalue weighted by Gasteiger charge is 2.19. The number of likely N-dealkylation sites (N-methyl/N-ethyl adjacent to an activating group) is 1. The van der Waals surface area contributed by atoms with Crippen LogP contribution in [0.1, 0.15) is 0 Å². The molecule has 0 spiro atoms. The molecule has 5 heterocycles. The minimum atomic E-state index is -0.486. The number of anilines is 3. The summed E-state index contributed by atoms with van der Waals surface area (Å²) in [4.78, 5) is 35.6. The highest BCUT2D eigenvalue weighted by molar-refractivity contribution is 5.77. The molecule has 4 aromatic heterocycles. The number of benzene rings is 1. The monoisotopic (exact) mass is 537 g/mol. The van der Waals surface area contributed by atoms with Gasteiger partial charge in [-0.1, -0.05) is 12.1 Å². The molecule has 1 aromatic carbocycles. The SMILES string of the molecule is C=CCn1c(=O)c2cnc(Nc3ccc(N4CCN(C)CC4)cc3)nc2n1-c1cccc(-c2ccncc2F)n1. The zero-order valence-electron chi connectivity index (χ0n) is 22.0. The van der Waals surface area contributed by atoms with Gasteiger partial charge in [-0.3, -0.25) is 9.78 Å². The summed E-state index contributed by atoms with van der Waals surface area (Å²) >= 11 is 0. The molecule has 202 valence electrons. The first-order valence-electron chi connectivity index (χ1n) is 13.0. The lowest BCUT2D eigenvalue weighted by atomic mass is 10.1. The second-order valence-electron chi connectivity index (χ2n) is 9.62. The van der Waals surface area contributed by atoms with Gasteiger partial charge in [-0.15, -0.1) is 6.58 Å². The first-order chi connectivity index (χ1) is 19.5. The van der Waals surface area contributed by atoms with Crippen LogP contribution in [0.25, 0.3) is 28.1 Å². The van der Waals surface area contributed by atoms with Crippen molar-refractivity contribution in [2.45, 2.75) is 6.54 Å². The van der Waals surface area contributed by atoms with Crippen LogP contribution in [0.2, 0.25) is 0 Å². The highest BCUT2D eigenvalue weighted by Crippen LogP contribution is 2.24. The number of pyridine rings is 2. The molecule has 0 aliphatic carbocycles. The number of nitrogens with one attached hydrogen (secondary N) is 1. The summed E-state index contributed by atoms with van der Waals surface area (Å²) < 4.78 is 17.6. The van der Waals surface area contributed by atoms with Crippen LogP contribution in [0.5, 0.6) is 0 Å². The summed E-state index contributed by atoms with van der Waals surface area (Å²) in [7, 11) is 2.14. The first kappa shape index (κ1) is 25.4. The second-order valence-corrected chi connectivity index (χ2v) is 9.62.